The van der Waals surface area contributed by atoms with Crippen molar-refractivity contribution in [2.75, 3.05) is 6.61 Å². The minimum absolute atomic E-state index is 0.194. The second-order valence-electron chi connectivity index (χ2n) is 4.56. The number of phenols is 1. The number of aliphatic hydroxyl groups excluding tert-OH is 1. The highest BCUT2D eigenvalue weighted by Crippen LogP contribution is 2.12. The van der Waals surface area contributed by atoms with Crippen LogP contribution in [-0.4, -0.2) is 28.9 Å². The van der Waals surface area contributed by atoms with Gasteiger partial charge in [0.2, 0.25) is 0 Å². The molecule has 2 atom stereocenters. The van der Waals surface area contributed by atoms with Gasteiger partial charge in [0.25, 0.3) is 0 Å². The van der Waals surface area contributed by atoms with Gasteiger partial charge in [0.15, 0.2) is 0 Å². The highest BCUT2D eigenvalue weighted by atomic mass is 16.3. The Kier molecular flexibility index (Phi) is 6.01. The molecule has 0 bridgehead atoms. The normalized spacial score (nSPS) is 14.5. The Bertz CT molecular complexity index is 307. The van der Waals surface area contributed by atoms with E-state index in [0.29, 0.717) is 11.8 Å². The highest BCUT2D eigenvalue weighted by Gasteiger charge is 2.08. The molecule has 0 aliphatic rings. The average molecular weight is 237 g/mol. The molecule has 3 heteroatoms. The molecule has 0 saturated carbocycles. The van der Waals surface area contributed by atoms with Gasteiger partial charge in [0, 0.05) is 12.1 Å². The third kappa shape index (κ3) is 5.20. The van der Waals surface area contributed by atoms with E-state index in [-0.39, 0.29) is 12.6 Å². The molecule has 1 aromatic rings. The molecule has 0 heterocycles. The Morgan fingerprint density at radius 2 is 1.88 bits per heavy atom. The van der Waals surface area contributed by atoms with E-state index >= 15 is 0 Å². The molecule has 0 aliphatic carbocycles. The first-order valence-corrected chi connectivity index (χ1v) is 6.30. The van der Waals surface area contributed by atoms with Gasteiger partial charge in [-0.05, 0) is 43.9 Å². The zero-order valence-electron chi connectivity index (χ0n) is 10.7. The van der Waals surface area contributed by atoms with Crippen molar-refractivity contribution in [3.05, 3.63) is 29.8 Å². The van der Waals surface area contributed by atoms with Gasteiger partial charge < -0.3 is 15.5 Å². The van der Waals surface area contributed by atoms with Crippen LogP contribution >= 0.6 is 0 Å². The Morgan fingerprint density at radius 3 is 2.41 bits per heavy atom. The SMILES string of the molecule is CC[C@H](CO)NC(C)CCc1ccc(O)cc1. The lowest BCUT2D eigenvalue weighted by Gasteiger charge is -2.20. The summed E-state index contributed by atoms with van der Waals surface area (Å²) in [4.78, 5) is 0. The van der Waals surface area contributed by atoms with Gasteiger partial charge in [-0.2, -0.15) is 0 Å². The highest BCUT2D eigenvalue weighted by molar-refractivity contribution is 5.25. The van der Waals surface area contributed by atoms with Crippen LogP contribution in [0.5, 0.6) is 5.75 Å². The van der Waals surface area contributed by atoms with Gasteiger partial charge in [0.1, 0.15) is 5.75 Å². The summed E-state index contributed by atoms with van der Waals surface area (Å²) in [7, 11) is 0. The zero-order chi connectivity index (χ0) is 12.7. The number of hydrogen-bond donors (Lipinski definition) is 3. The summed E-state index contributed by atoms with van der Waals surface area (Å²) in [5, 5.41) is 21.7. The summed E-state index contributed by atoms with van der Waals surface area (Å²) in [6.45, 7) is 4.40. The van der Waals surface area contributed by atoms with Gasteiger partial charge in [-0.25, -0.2) is 0 Å². The van der Waals surface area contributed by atoms with Crippen molar-refractivity contribution < 1.29 is 10.2 Å². The van der Waals surface area contributed by atoms with Gasteiger partial charge in [0.05, 0.1) is 6.61 Å². The van der Waals surface area contributed by atoms with Gasteiger partial charge in [-0.1, -0.05) is 19.1 Å². The molecule has 0 fully saturated rings. The standard InChI is InChI=1S/C14H23NO2/c1-3-13(10-16)15-11(2)4-5-12-6-8-14(17)9-7-12/h6-9,11,13,15-17H,3-5,10H2,1-2H3/t11?,13-/m1/s1. The maximum absolute atomic E-state index is 9.18. The number of aliphatic hydroxyl groups is 1. The summed E-state index contributed by atoms with van der Waals surface area (Å²) in [6, 6.07) is 7.92. The fourth-order valence-electron chi connectivity index (χ4n) is 1.83. The van der Waals surface area contributed by atoms with Gasteiger partial charge in [-0.3, -0.25) is 0 Å². The monoisotopic (exact) mass is 237 g/mol. The van der Waals surface area contributed by atoms with Crippen molar-refractivity contribution in [1.29, 1.82) is 0 Å². The second kappa shape index (κ2) is 7.30. The van der Waals surface area contributed by atoms with E-state index in [9.17, 15) is 5.11 Å². The van der Waals surface area contributed by atoms with Crippen molar-refractivity contribution in [2.24, 2.45) is 0 Å². The first-order chi connectivity index (χ1) is 8.15. The molecule has 96 valence electrons. The van der Waals surface area contributed by atoms with E-state index in [0.717, 1.165) is 19.3 Å². The number of benzene rings is 1. The molecule has 3 nitrogen and oxygen atoms in total. The van der Waals surface area contributed by atoms with Crippen LogP contribution in [0.25, 0.3) is 0 Å². The van der Waals surface area contributed by atoms with Crippen LogP contribution < -0.4 is 5.32 Å². The number of nitrogens with one attached hydrogen (secondary N) is 1. The van der Waals surface area contributed by atoms with E-state index in [1.54, 1.807) is 12.1 Å². The van der Waals surface area contributed by atoms with Gasteiger partial charge >= 0.3 is 0 Å². The van der Waals surface area contributed by atoms with Crippen LogP contribution in [-0.2, 0) is 6.42 Å². The lowest BCUT2D eigenvalue weighted by Crippen LogP contribution is -2.38. The molecular weight excluding hydrogens is 214 g/mol. The summed E-state index contributed by atoms with van der Waals surface area (Å²) in [5.74, 6) is 0.311. The van der Waals surface area contributed by atoms with Crippen molar-refractivity contribution >= 4 is 0 Å². The van der Waals surface area contributed by atoms with E-state index in [1.165, 1.54) is 5.56 Å². The van der Waals surface area contributed by atoms with Crippen LogP contribution in [0.1, 0.15) is 32.3 Å². The first-order valence-electron chi connectivity index (χ1n) is 6.30. The maximum Gasteiger partial charge on any atom is 0.115 e. The van der Waals surface area contributed by atoms with E-state index in [2.05, 4.69) is 19.2 Å². The predicted octanol–water partition coefficient (Wildman–Crippen LogP) is 2.07. The Morgan fingerprint density at radius 1 is 1.24 bits per heavy atom. The number of aromatic hydroxyl groups is 1. The van der Waals surface area contributed by atoms with Crippen LogP contribution in [0.4, 0.5) is 0 Å². The number of aryl methyl sites for hydroxylation is 1. The van der Waals surface area contributed by atoms with E-state index in [4.69, 9.17) is 5.11 Å². The van der Waals surface area contributed by atoms with Crippen LogP contribution in [0.2, 0.25) is 0 Å². The summed E-state index contributed by atoms with van der Waals surface area (Å²) >= 11 is 0. The number of phenolic OH excluding ortho intramolecular Hbond substituents is 1. The Hall–Kier alpha value is -1.06. The number of hydrogen-bond acceptors (Lipinski definition) is 3. The van der Waals surface area contributed by atoms with E-state index in [1.807, 2.05) is 12.1 Å². The summed E-state index contributed by atoms with van der Waals surface area (Å²) in [6.07, 6.45) is 2.96. The topological polar surface area (TPSA) is 52.5 Å². The lowest BCUT2D eigenvalue weighted by atomic mass is 10.1. The largest absolute Gasteiger partial charge is 0.508 e. The Labute approximate surface area is 103 Å². The van der Waals surface area contributed by atoms with Crippen LogP contribution in [0.15, 0.2) is 24.3 Å². The smallest absolute Gasteiger partial charge is 0.115 e. The molecule has 0 amide bonds. The third-order valence-corrected chi connectivity index (χ3v) is 3.04. The lowest BCUT2D eigenvalue weighted by molar-refractivity contribution is 0.228. The van der Waals surface area contributed by atoms with Crippen LogP contribution in [0, 0.1) is 0 Å². The zero-order valence-corrected chi connectivity index (χ0v) is 10.7. The van der Waals surface area contributed by atoms with Crippen molar-refractivity contribution in [3.63, 3.8) is 0 Å². The fourth-order valence-corrected chi connectivity index (χ4v) is 1.83. The molecular formula is C14H23NO2. The second-order valence-corrected chi connectivity index (χ2v) is 4.56. The molecule has 1 rings (SSSR count). The third-order valence-electron chi connectivity index (χ3n) is 3.04. The molecule has 0 aromatic heterocycles. The molecule has 3 N–H and O–H groups in total. The fraction of sp³-hybridized carbons (Fsp3) is 0.571. The summed E-state index contributed by atoms with van der Waals surface area (Å²) < 4.78 is 0. The van der Waals surface area contributed by atoms with Crippen LogP contribution in [0.3, 0.4) is 0 Å². The molecule has 0 spiro atoms. The minimum Gasteiger partial charge on any atom is -0.508 e. The minimum atomic E-state index is 0.194. The van der Waals surface area contributed by atoms with Crippen molar-refractivity contribution in [2.45, 2.75) is 45.2 Å². The maximum atomic E-state index is 9.18. The summed E-state index contributed by atoms with van der Waals surface area (Å²) in [5.41, 5.74) is 1.23. The van der Waals surface area contributed by atoms with Crippen molar-refractivity contribution in [3.8, 4) is 5.75 Å². The quantitative estimate of drug-likeness (QED) is 0.680. The molecule has 0 radical (unpaired) electrons. The van der Waals surface area contributed by atoms with Crippen molar-refractivity contribution in [1.82, 2.24) is 5.32 Å². The van der Waals surface area contributed by atoms with E-state index < -0.39 is 0 Å². The molecule has 1 aromatic carbocycles. The Balaban J connectivity index is 2.32. The first kappa shape index (κ1) is 14.0. The molecule has 0 saturated heterocycles. The molecule has 17 heavy (non-hydrogen) atoms. The molecule has 1 unspecified atom stereocenters. The van der Waals surface area contributed by atoms with Gasteiger partial charge in [-0.15, -0.1) is 0 Å². The number of rotatable bonds is 7. The average Bonchev–Trinajstić information content (AvgIpc) is 2.35. The molecule has 0 aliphatic heterocycles. The predicted molar refractivity (Wildman–Crippen MR) is 70.2 cm³/mol.